The van der Waals surface area contributed by atoms with Gasteiger partial charge in [-0.2, -0.15) is 10.1 Å². The van der Waals surface area contributed by atoms with Crippen molar-refractivity contribution < 1.29 is 9.18 Å². The highest BCUT2D eigenvalue weighted by molar-refractivity contribution is 6.02. The highest BCUT2D eigenvalue weighted by Crippen LogP contribution is 2.33. The molecular weight excluding hydrogens is 421 g/mol. The number of halogens is 1. The Balaban J connectivity index is 1.41. The number of aromatic amines is 1. The molecule has 1 amide bonds. The third kappa shape index (κ3) is 4.20. The number of fused-ring (bicyclic) bond motifs is 1. The third-order valence-corrected chi connectivity index (χ3v) is 5.90. The van der Waals surface area contributed by atoms with Gasteiger partial charge in [-0.15, -0.1) is 6.42 Å². The Morgan fingerprint density at radius 2 is 2.06 bits per heavy atom. The molecular formula is C24H22FN7O. The number of hydrogen-bond acceptors (Lipinski definition) is 5. The Bertz CT molecular complexity index is 1390. The number of carbonyl (C=O) groups excluding carboxylic acids is 1. The monoisotopic (exact) mass is 443 g/mol. The van der Waals surface area contributed by atoms with Crippen LogP contribution in [0.25, 0.3) is 22.3 Å². The van der Waals surface area contributed by atoms with E-state index in [1.165, 1.54) is 12.1 Å². The SMILES string of the molecule is C#Cc1nc(C(=O)NCc2cc(F)cc(-c3cnn(C)c3)c2)c2[nH]c(C3CCCC3)nc2n1. The van der Waals surface area contributed by atoms with E-state index in [9.17, 15) is 9.18 Å². The second-order valence-corrected chi connectivity index (χ2v) is 8.28. The summed E-state index contributed by atoms with van der Waals surface area (Å²) in [5.41, 5.74) is 3.06. The molecule has 0 bridgehead atoms. The van der Waals surface area contributed by atoms with Gasteiger partial charge in [-0.05, 0) is 48.1 Å². The number of terminal acetylenes is 1. The van der Waals surface area contributed by atoms with Crippen LogP contribution in [0.3, 0.4) is 0 Å². The van der Waals surface area contributed by atoms with E-state index in [1.54, 1.807) is 24.1 Å². The first kappa shape index (κ1) is 20.8. The summed E-state index contributed by atoms with van der Waals surface area (Å²) in [7, 11) is 1.80. The fourth-order valence-electron chi connectivity index (χ4n) is 4.29. The summed E-state index contributed by atoms with van der Waals surface area (Å²) in [4.78, 5) is 29.4. The summed E-state index contributed by atoms with van der Waals surface area (Å²) < 4.78 is 15.9. The van der Waals surface area contributed by atoms with Crippen molar-refractivity contribution in [3.05, 3.63) is 59.3 Å². The summed E-state index contributed by atoms with van der Waals surface area (Å²) >= 11 is 0. The van der Waals surface area contributed by atoms with Crippen LogP contribution in [-0.4, -0.2) is 35.6 Å². The number of H-pyrrole nitrogens is 1. The van der Waals surface area contributed by atoms with Gasteiger partial charge in [0.15, 0.2) is 11.3 Å². The lowest BCUT2D eigenvalue weighted by molar-refractivity contribution is 0.0947. The minimum absolute atomic E-state index is 0.0988. The second kappa shape index (κ2) is 8.47. The summed E-state index contributed by atoms with van der Waals surface area (Å²) in [6.07, 6.45) is 13.4. The Kier molecular flexibility index (Phi) is 5.34. The van der Waals surface area contributed by atoms with E-state index in [4.69, 9.17) is 6.42 Å². The number of nitrogens with zero attached hydrogens (tertiary/aromatic N) is 5. The zero-order chi connectivity index (χ0) is 22.9. The number of imidazole rings is 1. The molecule has 9 heteroatoms. The summed E-state index contributed by atoms with van der Waals surface area (Å²) in [5.74, 6) is 2.79. The molecule has 166 valence electrons. The molecule has 0 unspecified atom stereocenters. The van der Waals surface area contributed by atoms with Gasteiger partial charge >= 0.3 is 0 Å². The van der Waals surface area contributed by atoms with Crippen LogP contribution in [0, 0.1) is 18.2 Å². The van der Waals surface area contributed by atoms with Crippen LogP contribution in [0.15, 0.2) is 30.6 Å². The van der Waals surface area contributed by atoms with Crippen molar-refractivity contribution in [3.63, 3.8) is 0 Å². The van der Waals surface area contributed by atoms with Crippen LogP contribution < -0.4 is 5.32 Å². The average molecular weight is 443 g/mol. The topological polar surface area (TPSA) is 101 Å². The van der Waals surface area contributed by atoms with Gasteiger partial charge in [-0.25, -0.2) is 14.4 Å². The van der Waals surface area contributed by atoms with Gasteiger partial charge in [0.2, 0.25) is 5.82 Å². The van der Waals surface area contributed by atoms with Gasteiger partial charge in [-0.1, -0.05) is 12.8 Å². The molecule has 0 atom stereocenters. The third-order valence-electron chi connectivity index (χ3n) is 5.90. The summed E-state index contributed by atoms with van der Waals surface area (Å²) in [6.45, 7) is 0.115. The van der Waals surface area contributed by atoms with Crippen LogP contribution in [0.1, 0.15) is 59.3 Å². The van der Waals surface area contributed by atoms with Gasteiger partial charge in [0.05, 0.1) is 6.20 Å². The van der Waals surface area contributed by atoms with Gasteiger partial charge in [0, 0.05) is 31.3 Å². The van der Waals surface area contributed by atoms with E-state index in [2.05, 4.69) is 36.3 Å². The standard InChI is InChI=1S/C24H22FN7O/c1-3-19-28-21(20-23(29-19)31-22(30-20)15-6-4-5-7-15)24(33)26-11-14-8-16(10-18(25)9-14)17-12-27-32(2)13-17/h1,8-10,12-13,15H,4-7,11H2,2H3,(H,26,33)(H,28,29,30,31). The Morgan fingerprint density at radius 1 is 1.24 bits per heavy atom. The van der Waals surface area contributed by atoms with Crippen molar-refractivity contribution in [3.8, 4) is 23.5 Å². The molecule has 4 aromatic rings. The predicted octanol–water partition coefficient (Wildman–Crippen LogP) is 3.46. The van der Waals surface area contributed by atoms with Crippen LogP contribution in [-0.2, 0) is 13.6 Å². The van der Waals surface area contributed by atoms with Gasteiger partial charge in [-0.3, -0.25) is 9.48 Å². The highest BCUT2D eigenvalue weighted by Gasteiger charge is 2.24. The molecule has 1 aliphatic rings. The molecule has 1 aromatic carbocycles. The second-order valence-electron chi connectivity index (χ2n) is 8.28. The van der Waals surface area contributed by atoms with Gasteiger partial charge in [0.25, 0.3) is 5.91 Å². The van der Waals surface area contributed by atoms with Gasteiger partial charge < -0.3 is 10.3 Å². The molecule has 8 nitrogen and oxygen atoms in total. The normalized spacial score (nSPS) is 14.0. The van der Waals surface area contributed by atoms with Crippen LogP contribution in [0.4, 0.5) is 4.39 Å². The molecule has 0 radical (unpaired) electrons. The van der Waals surface area contributed by atoms with Crippen LogP contribution >= 0.6 is 0 Å². The maximum Gasteiger partial charge on any atom is 0.272 e. The first-order valence-corrected chi connectivity index (χ1v) is 10.8. The number of amides is 1. The lowest BCUT2D eigenvalue weighted by atomic mass is 10.1. The molecule has 1 aliphatic carbocycles. The Labute approximate surface area is 189 Å². The smallest absolute Gasteiger partial charge is 0.272 e. The number of nitrogens with one attached hydrogen (secondary N) is 2. The predicted molar refractivity (Wildman–Crippen MR) is 121 cm³/mol. The van der Waals surface area contributed by atoms with Crippen molar-refractivity contribution in [2.45, 2.75) is 38.1 Å². The fraction of sp³-hybridized carbons (Fsp3) is 0.292. The van der Waals surface area contributed by atoms with E-state index < -0.39 is 11.7 Å². The maximum atomic E-state index is 14.2. The average Bonchev–Trinajstić information content (AvgIpc) is 3.56. The molecule has 3 heterocycles. The number of aromatic nitrogens is 6. The van der Waals surface area contributed by atoms with E-state index in [-0.39, 0.29) is 18.1 Å². The van der Waals surface area contributed by atoms with E-state index >= 15 is 0 Å². The molecule has 0 aliphatic heterocycles. The molecule has 33 heavy (non-hydrogen) atoms. The molecule has 3 aromatic heterocycles. The number of carbonyl (C=O) groups is 1. The number of benzene rings is 1. The fourth-order valence-corrected chi connectivity index (χ4v) is 4.29. The van der Waals surface area contributed by atoms with E-state index in [0.29, 0.717) is 28.2 Å². The van der Waals surface area contributed by atoms with Gasteiger partial charge in [0.1, 0.15) is 17.2 Å². The largest absolute Gasteiger partial charge is 0.347 e. The minimum atomic E-state index is -0.437. The van der Waals surface area contributed by atoms with Crippen molar-refractivity contribution in [2.75, 3.05) is 0 Å². The molecule has 2 N–H and O–H groups in total. The maximum absolute atomic E-state index is 14.2. The number of rotatable bonds is 5. The van der Waals surface area contributed by atoms with Crippen molar-refractivity contribution in [2.24, 2.45) is 7.05 Å². The number of aryl methyl sites for hydroxylation is 1. The zero-order valence-corrected chi connectivity index (χ0v) is 18.1. The Morgan fingerprint density at radius 3 is 2.79 bits per heavy atom. The molecule has 0 saturated heterocycles. The van der Waals surface area contributed by atoms with Crippen molar-refractivity contribution in [1.29, 1.82) is 0 Å². The van der Waals surface area contributed by atoms with Crippen molar-refractivity contribution in [1.82, 2.24) is 35.0 Å². The molecule has 0 spiro atoms. The zero-order valence-electron chi connectivity index (χ0n) is 18.1. The van der Waals surface area contributed by atoms with Crippen LogP contribution in [0.5, 0.6) is 0 Å². The van der Waals surface area contributed by atoms with E-state index in [1.807, 2.05) is 6.07 Å². The number of hydrogen-bond donors (Lipinski definition) is 2. The lowest BCUT2D eigenvalue weighted by Crippen LogP contribution is -2.25. The molecule has 1 fully saturated rings. The first-order chi connectivity index (χ1) is 16.0. The highest BCUT2D eigenvalue weighted by atomic mass is 19.1. The minimum Gasteiger partial charge on any atom is -0.347 e. The lowest BCUT2D eigenvalue weighted by Gasteiger charge is -2.08. The van der Waals surface area contributed by atoms with Crippen LogP contribution in [0.2, 0.25) is 0 Å². The van der Waals surface area contributed by atoms with E-state index in [0.717, 1.165) is 37.1 Å². The quantitative estimate of drug-likeness (QED) is 0.460. The Hall–Kier alpha value is -4.06. The molecule has 1 saturated carbocycles. The summed E-state index contributed by atoms with van der Waals surface area (Å²) in [6, 6.07) is 4.64. The summed E-state index contributed by atoms with van der Waals surface area (Å²) in [5, 5.41) is 6.94. The molecule has 5 rings (SSSR count). The van der Waals surface area contributed by atoms with Crippen molar-refractivity contribution >= 4 is 17.1 Å². The first-order valence-electron chi connectivity index (χ1n) is 10.8.